The molecule has 1 saturated heterocycles. The molecule has 0 unspecified atom stereocenters. The van der Waals surface area contributed by atoms with Gasteiger partial charge in [0.05, 0.1) is 0 Å². The first-order chi connectivity index (χ1) is 5.75. The van der Waals surface area contributed by atoms with Crippen molar-refractivity contribution in [2.45, 2.75) is 12.5 Å². The maximum atomic E-state index is 5.79. The smallest absolute Gasteiger partial charge is 0.150 e. The normalized spacial score (nSPS) is 23.5. The van der Waals surface area contributed by atoms with Crippen LogP contribution in [0.4, 0.5) is 5.82 Å². The van der Waals surface area contributed by atoms with Crippen LogP contribution in [0.2, 0.25) is 0 Å². The molecule has 0 radical (unpaired) electrons. The molecule has 4 heteroatoms. The van der Waals surface area contributed by atoms with Gasteiger partial charge < -0.3 is 10.6 Å². The van der Waals surface area contributed by atoms with E-state index < -0.39 is 0 Å². The van der Waals surface area contributed by atoms with Crippen molar-refractivity contribution in [3.63, 3.8) is 0 Å². The van der Waals surface area contributed by atoms with Crippen molar-refractivity contribution in [2.75, 3.05) is 18.0 Å². The topological polar surface area (TPSA) is 47.1 Å². The quantitative estimate of drug-likeness (QED) is 0.636. The summed E-state index contributed by atoms with van der Waals surface area (Å²) in [5.74, 6) is 1.05. The molecular formula is C8H14N4. The Morgan fingerprint density at radius 3 is 3.00 bits per heavy atom. The molecule has 0 aromatic carbocycles. The van der Waals surface area contributed by atoms with E-state index in [1.165, 1.54) is 0 Å². The predicted molar refractivity (Wildman–Crippen MR) is 48.0 cm³/mol. The second kappa shape index (κ2) is 2.79. The van der Waals surface area contributed by atoms with Crippen LogP contribution in [0.3, 0.4) is 0 Å². The first kappa shape index (κ1) is 7.61. The minimum Gasteiger partial charge on any atom is -0.354 e. The number of aryl methyl sites for hydroxylation is 1. The zero-order chi connectivity index (χ0) is 8.55. The molecule has 12 heavy (non-hydrogen) atoms. The van der Waals surface area contributed by atoms with Gasteiger partial charge in [-0.25, -0.2) is 0 Å². The first-order valence-electron chi connectivity index (χ1n) is 4.26. The van der Waals surface area contributed by atoms with E-state index in [0.717, 1.165) is 25.3 Å². The molecule has 1 aliphatic rings. The van der Waals surface area contributed by atoms with E-state index in [2.05, 4.69) is 10.00 Å². The Bertz CT molecular complexity index is 268. The average Bonchev–Trinajstić information content (AvgIpc) is 2.58. The highest BCUT2D eigenvalue weighted by Gasteiger charge is 2.20. The van der Waals surface area contributed by atoms with E-state index in [4.69, 9.17) is 5.73 Å². The minimum atomic E-state index is 0.326. The van der Waals surface area contributed by atoms with Gasteiger partial charge in [0, 0.05) is 38.4 Å². The van der Waals surface area contributed by atoms with Gasteiger partial charge in [-0.2, -0.15) is 5.10 Å². The summed E-state index contributed by atoms with van der Waals surface area (Å²) in [5.41, 5.74) is 5.79. The van der Waals surface area contributed by atoms with Gasteiger partial charge in [0.1, 0.15) is 0 Å². The van der Waals surface area contributed by atoms with E-state index in [-0.39, 0.29) is 0 Å². The summed E-state index contributed by atoms with van der Waals surface area (Å²) in [4.78, 5) is 2.23. The number of nitrogens with zero attached hydrogens (tertiary/aromatic N) is 3. The summed E-state index contributed by atoms with van der Waals surface area (Å²) < 4.78 is 1.82. The molecule has 4 nitrogen and oxygen atoms in total. The zero-order valence-electron chi connectivity index (χ0n) is 7.27. The monoisotopic (exact) mass is 166 g/mol. The van der Waals surface area contributed by atoms with E-state index >= 15 is 0 Å². The summed E-state index contributed by atoms with van der Waals surface area (Å²) in [6.07, 6.45) is 3.04. The van der Waals surface area contributed by atoms with Crippen LogP contribution in [0.15, 0.2) is 12.3 Å². The molecular weight excluding hydrogens is 152 g/mol. The summed E-state index contributed by atoms with van der Waals surface area (Å²) in [6, 6.07) is 2.35. The van der Waals surface area contributed by atoms with Gasteiger partial charge in [0.2, 0.25) is 0 Å². The molecule has 1 aliphatic heterocycles. The summed E-state index contributed by atoms with van der Waals surface area (Å²) in [7, 11) is 1.93. The van der Waals surface area contributed by atoms with Crippen molar-refractivity contribution in [2.24, 2.45) is 12.8 Å². The Morgan fingerprint density at radius 2 is 2.50 bits per heavy atom. The van der Waals surface area contributed by atoms with Crippen molar-refractivity contribution in [3.8, 4) is 0 Å². The number of hydrogen-bond acceptors (Lipinski definition) is 3. The fraction of sp³-hybridized carbons (Fsp3) is 0.625. The number of rotatable bonds is 1. The summed E-state index contributed by atoms with van der Waals surface area (Å²) >= 11 is 0. The van der Waals surface area contributed by atoms with Gasteiger partial charge in [-0.3, -0.25) is 4.68 Å². The Kier molecular flexibility index (Phi) is 1.77. The molecule has 0 aliphatic carbocycles. The molecule has 0 spiro atoms. The van der Waals surface area contributed by atoms with E-state index in [1.807, 2.05) is 24.0 Å². The average molecular weight is 166 g/mol. The fourth-order valence-electron chi connectivity index (χ4n) is 1.57. The third-order valence-corrected chi connectivity index (χ3v) is 2.25. The number of hydrogen-bond donors (Lipinski definition) is 1. The van der Waals surface area contributed by atoms with Crippen molar-refractivity contribution in [3.05, 3.63) is 12.3 Å². The summed E-state index contributed by atoms with van der Waals surface area (Å²) in [5, 5.41) is 4.31. The van der Waals surface area contributed by atoms with E-state index in [1.54, 1.807) is 0 Å². The molecule has 0 saturated carbocycles. The van der Waals surface area contributed by atoms with Gasteiger partial charge >= 0.3 is 0 Å². The Balaban J connectivity index is 2.11. The second-order valence-electron chi connectivity index (χ2n) is 3.34. The Morgan fingerprint density at radius 1 is 1.67 bits per heavy atom. The number of anilines is 1. The van der Waals surface area contributed by atoms with Crippen LogP contribution >= 0.6 is 0 Å². The van der Waals surface area contributed by atoms with Crippen LogP contribution in [-0.4, -0.2) is 28.9 Å². The largest absolute Gasteiger partial charge is 0.354 e. The SMILES string of the molecule is Cn1ccc(N2CC[C@H](N)C2)n1. The molecule has 1 aromatic rings. The summed E-state index contributed by atoms with van der Waals surface area (Å²) in [6.45, 7) is 1.98. The molecule has 2 rings (SSSR count). The van der Waals surface area contributed by atoms with Crippen LogP contribution in [0, 0.1) is 0 Å². The lowest BCUT2D eigenvalue weighted by molar-refractivity contribution is 0.741. The van der Waals surface area contributed by atoms with Crippen LogP contribution in [0.25, 0.3) is 0 Å². The van der Waals surface area contributed by atoms with Gasteiger partial charge in [-0.15, -0.1) is 0 Å². The van der Waals surface area contributed by atoms with E-state index in [0.29, 0.717) is 6.04 Å². The van der Waals surface area contributed by atoms with E-state index in [9.17, 15) is 0 Å². The third-order valence-electron chi connectivity index (χ3n) is 2.25. The van der Waals surface area contributed by atoms with Crippen LogP contribution < -0.4 is 10.6 Å². The minimum absolute atomic E-state index is 0.326. The molecule has 66 valence electrons. The second-order valence-corrected chi connectivity index (χ2v) is 3.34. The fourth-order valence-corrected chi connectivity index (χ4v) is 1.57. The molecule has 0 amide bonds. The standard InChI is InChI=1S/C8H14N4/c1-11-4-3-8(10-11)12-5-2-7(9)6-12/h3-4,7H,2,5-6,9H2,1H3/t7-/m0/s1. The maximum absolute atomic E-state index is 5.79. The van der Waals surface area contributed by atoms with Crippen molar-refractivity contribution < 1.29 is 0 Å². The van der Waals surface area contributed by atoms with Gasteiger partial charge in [-0.05, 0) is 6.42 Å². The van der Waals surface area contributed by atoms with Crippen molar-refractivity contribution >= 4 is 5.82 Å². The van der Waals surface area contributed by atoms with Gasteiger partial charge in [0.25, 0.3) is 0 Å². The molecule has 1 aromatic heterocycles. The Hall–Kier alpha value is -1.03. The molecule has 2 heterocycles. The lowest BCUT2D eigenvalue weighted by Crippen LogP contribution is -2.26. The molecule has 1 atom stereocenters. The lowest BCUT2D eigenvalue weighted by Gasteiger charge is -2.13. The maximum Gasteiger partial charge on any atom is 0.150 e. The van der Waals surface area contributed by atoms with Gasteiger partial charge in [0.15, 0.2) is 5.82 Å². The van der Waals surface area contributed by atoms with Crippen LogP contribution in [-0.2, 0) is 7.05 Å². The third kappa shape index (κ3) is 1.30. The predicted octanol–water partition coefficient (Wildman–Crippen LogP) is -0.0425. The first-order valence-corrected chi connectivity index (χ1v) is 4.26. The Labute approximate surface area is 72.0 Å². The molecule has 0 bridgehead atoms. The van der Waals surface area contributed by atoms with Crippen molar-refractivity contribution in [1.82, 2.24) is 9.78 Å². The number of aromatic nitrogens is 2. The number of nitrogens with two attached hydrogens (primary N) is 1. The molecule has 2 N–H and O–H groups in total. The highest BCUT2D eigenvalue weighted by Crippen LogP contribution is 2.16. The lowest BCUT2D eigenvalue weighted by atomic mass is 10.3. The molecule has 1 fully saturated rings. The highest BCUT2D eigenvalue weighted by atomic mass is 15.3. The van der Waals surface area contributed by atoms with Crippen LogP contribution in [0.1, 0.15) is 6.42 Å². The van der Waals surface area contributed by atoms with Crippen molar-refractivity contribution in [1.29, 1.82) is 0 Å². The highest BCUT2D eigenvalue weighted by molar-refractivity contribution is 5.38. The zero-order valence-corrected chi connectivity index (χ0v) is 7.27. The van der Waals surface area contributed by atoms with Gasteiger partial charge in [-0.1, -0.05) is 0 Å². The van der Waals surface area contributed by atoms with Crippen LogP contribution in [0.5, 0.6) is 0 Å².